The van der Waals surface area contributed by atoms with E-state index >= 15 is 0 Å². The zero-order chi connectivity index (χ0) is 18.8. The number of ether oxygens (including phenoxy) is 1. The van der Waals surface area contributed by atoms with Gasteiger partial charge in [-0.2, -0.15) is 11.8 Å². The van der Waals surface area contributed by atoms with Crippen LogP contribution in [0.5, 0.6) is 0 Å². The molecule has 0 N–H and O–H groups in total. The topological polar surface area (TPSA) is 22.2 Å². The van der Waals surface area contributed by atoms with Gasteiger partial charge in [0.25, 0.3) is 0 Å². The highest BCUT2D eigenvalue weighted by Crippen LogP contribution is 2.44. The second-order valence-corrected chi connectivity index (χ2v) is 9.65. The maximum Gasteiger partial charge on any atom is 0.166 e. The fourth-order valence-electron chi connectivity index (χ4n) is 5.62. The maximum absolute atomic E-state index is 5.78. The molecule has 5 rings (SSSR count). The number of aryl methyl sites for hydroxylation is 1. The van der Waals surface area contributed by atoms with Gasteiger partial charge in [-0.1, -0.05) is 24.6 Å². The summed E-state index contributed by atoms with van der Waals surface area (Å²) in [6, 6.07) is 9.16. The third-order valence-corrected chi connectivity index (χ3v) is 7.88. The fourth-order valence-corrected chi connectivity index (χ4v) is 6.50. The number of nitrogens with zero attached hydrogens (tertiary/aromatic N) is 4. The Morgan fingerprint density at radius 3 is 2.32 bits per heavy atom. The Balaban J connectivity index is 1.61. The molecule has 1 unspecified atom stereocenters. The molecule has 0 spiro atoms. The summed E-state index contributed by atoms with van der Waals surface area (Å²) < 4.78 is 5.78. The lowest BCUT2D eigenvalue weighted by molar-refractivity contribution is -0.137. The molecule has 4 aliphatic heterocycles. The van der Waals surface area contributed by atoms with Crippen molar-refractivity contribution in [2.75, 3.05) is 69.0 Å². The van der Waals surface area contributed by atoms with E-state index in [1.165, 1.54) is 68.0 Å². The van der Waals surface area contributed by atoms with Crippen molar-refractivity contribution in [1.29, 1.82) is 0 Å². The third-order valence-electron chi connectivity index (χ3n) is 6.94. The van der Waals surface area contributed by atoms with Crippen LogP contribution in [0.1, 0.15) is 31.2 Å². The molecule has 3 saturated heterocycles. The predicted molar refractivity (Wildman–Crippen MR) is 117 cm³/mol. The van der Waals surface area contributed by atoms with Crippen molar-refractivity contribution in [1.82, 2.24) is 14.8 Å². The van der Waals surface area contributed by atoms with Gasteiger partial charge in [-0.05, 0) is 30.9 Å². The van der Waals surface area contributed by atoms with Crippen LogP contribution in [0, 0.1) is 0 Å². The van der Waals surface area contributed by atoms with E-state index in [0.717, 1.165) is 39.4 Å². The van der Waals surface area contributed by atoms with Gasteiger partial charge in [-0.3, -0.25) is 14.8 Å². The lowest BCUT2D eigenvalue weighted by atomic mass is 9.93. The van der Waals surface area contributed by atoms with Crippen LogP contribution in [0.3, 0.4) is 0 Å². The third kappa shape index (κ3) is 3.37. The monoisotopic (exact) mass is 402 g/mol. The molecule has 0 amide bonds. The van der Waals surface area contributed by atoms with E-state index in [0.29, 0.717) is 0 Å². The highest BCUT2D eigenvalue weighted by atomic mass is 32.2. The number of morpholine rings is 1. The second kappa shape index (κ2) is 8.52. The first-order chi connectivity index (χ1) is 13.9. The van der Waals surface area contributed by atoms with E-state index in [2.05, 4.69) is 55.8 Å². The number of hydrogen-bond donors (Lipinski definition) is 0. The van der Waals surface area contributed by atoms with Crippen molar-refractivity contribution in [2.45, 2.75) is 37.9 Å². The van der Waals surface area contributed by atoms with Crippen LogP contribution in [0.4, 0.5) is 5.69 Å². The number of likely N-dealkylation sites (tertiary alicyclic amines) is 1. The number of piperidine rings is 1. The van der Waals surface area contributed by atoms with Crippen molar-refractivity contribution >= 4 is 17.4 Å². The van der Waals surface area contributed by atoms with E-state index in [9.17, 15) is 0 Å². The number of rotatable bonds is 3. The number of benzene rings is 1. The van der Waals surface area contributed by atoms with Crippen LogP contribution in [-0.4, -0.2) is 84.6 Å². The van der Waals surface area contributed by atoms with Crippen molar-refractivity contribution in [3.05, 3.63) is 29.8 Å². The maximum atomic E-state index is 5.78. The first-order valence-electron chi connectivity index (χ1n) is 11.2. The molecule has 3 fully saturated rings. The van der Waals surface area contributed by atoms with Gasteiger partial charge in [-0.15, -0.1) is 0 Å². The van der Waals surface area contributed by atoms with Crippen LogP contribution in [0.15, 0.2) is 24.3 Å². The van der Waals surface area contributed by atoms with E-state index in [1.807, 2.05) is 0 Å². The van der Waals surface area contributed by atoms with Crippen molar-refractivity contribution in [3.63, 3.8) is 0 Å². The minimum atomic E-state index is -0.0272. The molecular formula is C22H34N4OS. The van der Waals surface area contributed by atoms with Crippen molar-refractivity contribution in [3.8, 4) is 0 Å². The molecule has 6 heteroatoms. The highest BCUT2D eigenvalue weighted by Gasteiger charge is 2.52. The first-order valence-corrected chi connectivity index (χ1v) is 12.3. The molecule has 4 heterocycles. The van der Waals surface area contributed by atoms with E-state index in [-0.39, 0.29) is 5.79 Å². The van der Waals surface area contributed by atoms with Gasteiger partial charge in [-0.25, -0.2) is 5.01 Å². The zero-order valence-electron chi connectivity index (χ0n) is 17.0. The predicted octanol–water partition coefficient (Wildman–Crippen LogP) is 2.87. The molecule has 0 aliphatic carbocycles. The fraction of sp³-hybridized carbons (Fsp3) is 0.727. The molecule has 0 radical (unpaired) electrons. The number of thioether (sulfide) groups is 1. The number of hydrogen-bond acceptors (Lipinski definition) is 6. The summed E-state index contributed by atoms with van der Waals surface area (Å²) in [7, 11) is 0. The van der Waals surface area contributed by atoms with E-state index in [1.54, 1.807) is 0 Å². The summed E-state index contributed by atoms with van der Waals surface area (Å²) in [6.07, 6.45) is 6.40. The van der Waals surface area contributed by atoms with Crippen molar-refractivity contribution < 1.29 is 4.74 Å². The van der Waals surface area contributed by atoms with Crippen LogP contribution < -0.4 is 5.01 Å². The van der Waals surface area contributed by atoms with E-state index < -0.39 is 0 Å². The summed E-state index contributed by atoms with van der Waals surface area (Å²) in [5.41, 5.74) is 2.96. The van der Waals surface area contributed by atoms with Gasteiger partial charge in [0.05, 0.1) is 18.9 Å². The molecule has 5 nitrogen and oxygen atoms in total. The lowest BCUT2D eigenvalue weighted by Crippen LogP contribution is -2.77. The molecular weight excluding hydrogens is 368 g/mol. The Labute approximate surface area is 173 Å². The minimum Gasteiger partial charge on any atom is -0.379 e. The van der Waals surface area contributed by atoms with Crippen LogP contribution in [0.25, 0.3) is 0 Å². The molecule has 1 aromatic rings. The average molecular weight is 403 g/mol. The number of hydrazine groups is 1. The highest BCUT2D eigenvalue weighted by molar-refractivity contribution is 7.99. The Morgan fingerprint density at radius 1 is 0.821 bits per heavy atom. The van der Waals surface area contributed by atoms with E-state index in [4.69, 9.17) is 4.74 Å². The van der Waals surface area contributed by atoms with Gasteiger partial charge in [0.15, 0.2) is 5.79 Å². The standard InChI is InChI=1S/C22H34N4OS/c1-4-10-23(11-5-1)22(24-12-16-27-17-13-24)9-8-20-6-2-3-7-21(20)26(22)25-14-18-28-19-15-25/h2-3,6-7H,1,4-5,8-19H2. The lowest BCUT2D eigenvalue weighted by Gasteiger charge is -2.63. The van der Waals surface area contributed by atoms with Gasteiger partial charge in [0.1, 0.15) is 0 Å². The van der Waals surface area contributed by atoms with Gasteiger partial charge >= 0.3 is 0 Å². The summed E-state index contributed by atoms with van der Waals surface area (Å²) >= 11 is 2.10. The SMILES string of the molecule is c1ccc2c(c1)CCC(N1CCCCC1)(N1CCOCC1)N2N1CCSCC1. The number of anilines is 1. The summed E-state index contributed by atoms with van der Waals surface area (Å²) in [5.74, 6) is 2.44. The molecule has 0 saturated carbocycles. The number of para-hydroxylation sites is 1. The summed E-state index contributed by atoms with van der Waals surface area (Å²) in [4.78, 5) is 5.60. The van der Waals surface area contributed by atoms with Crippen LogP contribution >= 0.6 is 11.8 Å². The zero-order valence-corrected chi connectivity index (χ0v) is 17.8. The Bertz CT molecular complexity index is 636. The number of fused-ring (bicyclic) bond motifs is 1. The van der Waals surface area contributed by atoms with Crippen LogP contribution in [0.2, 0.25) is 0 Å². The Kier molecular flexibility index (Phi) is 5.84. The molecule has 154 valence electrons. The molecule has 0 aromatic heterocycles. The first kappa shape index (κ1) is 19.2. The summed E-state index contributed by atoms with van der Waals surface area (Å²) in [5, 5.41) is 5.43. The quantitative estimate of drug-likeness (QED) is 0.770. The summed E-state index contributed by atoms with van der Waals surface area (Å²) in [6.45, 7) is 8.55. The van der Waals surface area contributed by atoms with Gasteiger partial charge < -0.3 is 4.74 Å². The molecule has 0 bridgehead atoms. The average Bonchev–Trinajstić information content (AvgIpc) is 2.80. The van der Waals surface area contributed by atoms with Gasteiger partial charge in [0, 0.05) is 57.2 Å². The molecule has 1 atom stereocenters. The molecule has 1 aromatic carbocycles. The van der Waals surface area contributed by atoms with Crippen LogP contribution in [-0.2, 0) is 11.2 Å². The minimum absolute atomic E-state index is 0.0272. The Hall–Kier alpha value is -0.790. The van der Waals surface area contributed by atoms with Gasteiger partial charge in [0.2, 0.25) is 0 Å². The smallest absolute Gasteiger partial charge is 0.166 e. The normalized spacial score (nSPS) is 30.9. The Morgan fingerprint density at radius 2 is 1.54 bits per heavy atom. The largest absolute Gasteiger partial charge is 0.379 e. The molecule has 4 aliphatic rings. The van der Waals surface area contributed by atoms with Crippen molar-refractivity contribution in [2.24, 2.45) is 0 Å². The molecule has 28 heavy (non-hydrogen) atoms. The second-order valence-electron chi connectivity index (χ2n) is 8.43.